The topological polar surface area (TPSA) is 23.5 Å². The van der Waals surface area contributed by atoms with Crippen molar-refractivity contribution in [1.82, 2.24) is 4.90 Å². The van der Waals surface area contributed by atoms with Crippen molar-refractivity contribution in [1.29, 1.82) is 0 Å². The fourth-order valence-corrected chi connectivity index (χ4v) is 2.58. The highest BCUT2D eigenvalue weighted by Gasteiger charge is 2.32. The lowest BCUT2D eigenvalue weighted by Gasteiger charge is -2.27. The Labute approximate surface area is 104 Å². The van der Waals surface area contributed by atoms with Crippen molar-refractivity contribution in [3.05, 3.63) is 35.4 Å². The minimum absolute atomic E-state index is 0.256. The molecule has 94 valence electrons. The smallest absolute Gasteiger partial charge is 0.0950 e. The maximum Gasteiger partial charge on any atom is 0.0950 e. The third-order valence-electron chi connectivity index (χ3n) is 3.79. The van der Waals surface area contributed by atoms with Crippen LogP contribution in [0.2, 0.25) is 0 Å². The first-order chi connectivity index (χ1) is 8.09. The molecule has 2 heteroatoms. The molecule has 0 radical (unpaired) electrons. The van der Waals surface area contributed by atoms with Crippen molar-refractivity contribution >= 4 is 0 Å². The molecule has 1 aliphatic carbocycles. The molecule has 1 N–H and O–H groups in total. The van der Waals surface area contributed by atoms with Crippen LogP contribution in [0.25, 0.3) is 0 Å². The molecule has 1 aromatic rings. The lowest BCUT2D eigenvalue weighted by molar-refractivity contribution is 0.0736. The number of hydrogen-bond donors (Lipinski definition) is 1. The van der Waals surface area contributed by atoms with E-state index < -0.39 is 0 Å². The fourth-order valence-electron chi connectivity index (χ4n) is 2.58. The van der Waals surface area contributed by atoms with Crippen molar-refractivity contribution in [2.45, 2.75) is 38.8 Å². The number of fused-ring (bicyclic) bond motifs is 1. The van der Waals surface area contributed by atoms with Gasteiger partial charge in [-0.15, -0.1) is 0 Å². The summed E-state index contributed by atoms with van der Waals surface area (Å²) in [6.07, 6.45) is 1.85. The van der Waals surface area contributed by atoms with Gasteiger partial charge in [-0.05, 0) is 43.5 Å². The van der Waals surface area contributed by atoms with Crippen LogP contribution in [0.15, 0.2) is 24.3 Å². The molecule has 2 atom stereocenters. The van der Waals surface area contributed by atoms with Gasteiger partial charge >= 0.3 is 0 Å². The van der Waals surface area contributed by atoms with E-state index in [2.05, 4.69) is 44.0 Å². The minimum atomic E-state index is -0.316. The van der Waals surface area contributed by atoms with Crippen LogP contribution in [0.3, 0.4) is 0 Å². The Morgan fingerprint density at radius 2 is 2.06 bits per heavy atom. The summed E-state index contributed by atoms with van der Waals surface area (Å²) in [5, 5.41) is 10.3. The molecule has 2 unspecified atom stereocenters. The van der Waals surface area contributed by atoms with E-state index in [1.54, 1.807) is 0 Å². The molecule has 0 saturated carbocycles. The minimum Gasteiger partial charge on any atom is -0.387 e. The van der Waals surface area contributed by atoms with Crippen molar-refractivity contribution in [2.24, 2.45) is 5.92 Å². The molecule has 0 fully saturated rings. The van der Waals surface area contributed by atoms with Crippen LogP contribution in [-0.4, -0.2) is 29.6 Å². The van der Waals surface area contributed by atoms with Gasteiger partial charge in [0.2, 0.25) is 0 Å². The Morgan fingerprint density at radius 1 is 1.35 bits per heavy atom. The predicted molar refractivity (Wildman–Crippen MR) is 71.0 cm³/mol. The van der Waals surface area contributed by atoms with E-state index in [-0.39, 0.29) is 12.1 Å². The molecule has 2 nitrogen and oxygen atoms in total. The van der Waals surface area contributed by atoms with E-state index in [1.807, 2.05) is 6.07 Å². The molecule has 17 heavy (non-hydrogen) atoms. The van der Waals surface area contributed by atoms with Crippen LogP contribution < -0.4 is 0 Å². The second-order valence-electron chi connectivity index (χ2n) is 5.58. The SMILES string of the molecule is CC(C)CCN(C)C1Cc2ccccc2C1O. The van der Waals surface area contributed by atoms with Crippen molar-refractivity contribution in [3.8, 4) is 0 Å². The summed E-state index contributed by atoms with van der Waals surface area (Å²) >= 11 is 0. The summed E-state index contributed by atoms with van der Waals surface area (Å²) in [4.78, 5) is 2.31. The van der Waals surface area contributed by atoms with E-state index >= 15 is 0 Å². The third kappa shape index (κ3) is 2.70. The molecule has 0 aliphatic heterocycles. The van der Waals surface area contributed by atoms with Gasteiger partial charge in [0.05, 0.1) is 6.10 Å². The molecule has 0 saturated heterocycles. The van der Waals surface area contributed by atoms with E-state index in [0.717, 1.165) is 24.4 Å². The highest BCUT2D eigenvalue weighted by molar-refractivity contribution is 5.35. The van der Waals surface area contributed by atoms with Gasteiger partial charge in [0.15, 0.2) is 0 Å². The summed E-state index contributed by atoms with van der Waals surface area (Å²) in [6, 6.07) is 8.51. The Hall–Kier alpha value is -0.860. The molecular formula is C15H23NO. The van der Waals surface area contributed by atoms with E-state index in [1.165, 1.54) is 12.0 Å². The molecular weight excluding hydrogens is 210 g/mol. The van der Waals surface area contributed by atoms with Gasteiger partial charge in [0.25, 0.3) is 0 Å². The van der Waals surface area contributed by atoms with Gasteiger partial charge in [-0.1, -0.05) is 38.1 Å². The Bertz CT molecular complexity index is 375. The first kappa shape index (κ1) is 12.6. The monoisotopic (exact) mass is 233 g/mol. The lowest BCUT2D eigenvalue weighted by Crippen LogP contribution is -2.36. The number of hydrogen-bond acceptors (Lipinski definition) is 2. The number of aliphatic hydroxyl groups excluding tert-OH is 1. The zero-order chi connectivity index (χ0) is 12.4. The number of nitrogens with zero attached hydrogens (tertiary/aromatic N) is 1. The summed E-state index contributed by atoms with van der Waals surface area (Å²) in [6.45, 7) is 5.55. The average Bonchev–Trinajstić information content (AvgIpc) is 2.64. The Balaban J connectivity index is 2.01. The molecule has 1 aromatic carbocycles. The van der Waals surface area contributed by atoms with Crippen LogP contribution in [0.5, 0.6) is 0 Å². The van der Waals surface area contributed by atoms with Crippen molar-refractivity contribution in [2.75, 3.05) is 13.6 Å². The summed E-state index contributed by atoms with van der Waals surface area (Å²) < 4.78 is 0. The highest BCUT2D eigenvalue weighted by atomic mass is 16.3. The molecule has 2 rings (SSSR count). The molecule has 0 spiro atoms. The normalized spacial score (nSPS) is 23.4. The number of rotatable bonds is 4. The van der Waals surface area contributed by atoms with Crippen LogP contribution in [-0.2, 0) is 6.42 Å². The highest BCUT2D eigenvalue weighted by Crippen LogP contribution is 2.33. The number of likely N-dealkylation sites (N-methyl/N-ethyl adjacent to an activating group) is 1. The zero-order valence-corrected chi connectivity index (χ0v) is 11.1. The zero-order valence-electron chi connectivity index (χ0n) is 11.1. The summed E-state index contributed by atoms with van der Waals surface area (Å²) in [5.41, 5.74) is 2.43. The van der Waals surface area contributed by atoms with E-state index in [0.29, 0.717) is 0 Å². The van der Waals surface area contributed by atoms with Gasteiger partial charge in [0, 0.05) is 6.04 Å². The molecule has 0 bridgehead atoms. The number of benzene rings is 1. The lowest BCUT2D eigenvalue weighted by atomic mass is 10.1. The second-order valence-corrected chi connectivity index (χ2v) is 5.58. The summed E-state index contributed by atoms with van der Waals surface area (Å²) in [5.74, 6) is 0.721. The van der Waals surface area contributed by atoms with E-state index in [4.69, 9.17) is 0 Å². The van der Waals surface area contributed by atoms with Crippen LogP contribution in [0.1, 0.15) is 37.5 Å². The van der Waals surface area contributed by atoms with Crippen molar-refractivity contribution in [3.63, 3.8) is 0 Å². The van der Waals surface area contributed by atoms with Crippen molar-refractivity contribution < 1.29 is 5.11 Å². The first-order valence-corrected chi connectivity index (χ1v) is 6.55. The molecule has 0 heterocycles. The Kier molecular flexibility index (Phi) is 3.85. The van der Waals surface area contributed by atoms with Gasteiger partial charge < -0.3 is 10.0 Å². The largest absolute Gasteiger partial charge is 0.387 e. The standard InChI is InChI=1S/C15H23NO/c1-11(2)8-9-16(3)14-10-12-6-4-5-7-13(12)15(14)17/h4-7,11,14-15,17H,8-10H2,1-3H3. The third-order valence-corrected chi connectivity index (χ3v) is 3.79. The quantitative estimate of drug-likeness (QED) is 0.864. The van der Waals surface area contributed by atoms with Gasteiger partial charge in [-0.3, -0.25) is 0 Å². The maximum absolute atomic E-state index is 10.3. The summed E-state index contributed by atoms with van der Waals surface area (Å²) in [7, 11) is 2.13. The van der Waals surface area contributed by atoms with Gasteiger partial charge in [-0.25, -0.2) is 0 Å². The van der Waals surface area contributed by atoms with E-state index in [9.17, 15) is 5.11 Å². The van der Waals surface area contributed by atoms with Crippen LogP contribution in [0.4, 0.5) is 0 Å². The van der Waals surface area contributed by atoms with Crippen LogP contribution >= 0.6 is 0 Å². The van der Waals surface area contributed by atoms with Gasteiger partial charge in [0.1, 0.15) is 0 Å². The average molecular weight is 233 g/mol. The maximum atomic E-state index is 10.3. The first-order valence-electron chi connectivity index (χ1n) is 6.55. The van der Waals surface area contributed by atoms with Gasteiger partial charge in [-0.2, -0.15) is 0 Å². The molecule has 1 aliphatic rings. The fraction of sp³-hybridized carbons (Fsp3) is 0.600. The second kappa shape index (κ2) is 5.19. The van der Waals surface area contributed by atoms with Crippen LogP contribution in [0, 0.1) is 5.92 Å². The predicted octanol–water partition coefficient (Wildman–Crippen LogP) is 2.62. The number of aliphatic hydroxyl groups is 1. The Morgan fingerprint density at radius 3 is 2.71 bits per heavy atom. The molecule has 0 aromatic heterocycles. The molecule has 0 amide bonds.